The number of nitrogens with one attached hydrogen (secondary N) is 2. The van der Waals surface area contributed by atoms with Crippen LogP contribution in [0.1, 0.15) is 17.5 Å². The highest BCUT2D eigenvalue weighted by atomic mass is 35.5. The van der Waals surface area contributed by atoms with Crippen molar-refractivity contribution in [3.63, 3.8) is 0 Å². The molecule has 3 rings (SSSR count). The summed E-state index contributed by atoms with van der Waals surface area (Å²) in [6.45, 7) is 0.206. The van der Waals surface area contributed by atoms with Gasteiger partial charge in [-0.15, -0.1) is 0 Å². The van der Waals surface area contributed by atoms with Crippen LogP contribution in [-0.4, -0.2) is 23.3 Å². The van der Waals surface area contributed by atoms with Gasteiger partial charge >= 0.3 is 6.03 Å². The highest BCUT2D eigenvalue weighted by molar-refractivity contribution is 6.33. The van der Waals surface area contributed by atoms with Crippen LogP contribution in [0, 0.1) is 0 Å². The van der Waals surface area contributed by atoms with Crippen molar-refractivity contribution in [2.24, 2.45) is 0 Å². The Morgan fingerprint density at radius 2 is 1.83 bits per heavy atom. The van der Waals surface area contributed by atoms with Crippen LogP contribution in [0.4, 0.5) is 10.5 Å². The van der Waals surface area contributed by atoms with E-state index >= 15 is 0 Å². The first kappa shape index (κ1) is 15.8. The molecule has 1 aliphatic rings. The number of aryl methyl sites for hydroxylation is 1. The zero-order chi connectivity index (χ0) is 16.3. The highest BCUT2D eigenvalue weighted by Gasteiger charge is 2.32. The summed E-state index contributed by atoms with van der Waals surface area (Å²) in [5.74, 6) is 0. The molecule has 2 amide bonds. The van der Waals surface area contributed by atoms with Gasteiger partial charge in [-0.2, -0.15) is 0 Å². The van der Waals surface area contributed by atoms with Crippen molar-refractivity contribution in [1.82, 2.24) is 5.32 Å². The van der Waals surface area contributed by atoms with Gasteiger partial charge in [-0.05, 0) is 36.1 Å². The second-order valence-corrected chi connectivity index (χ2v) is 6.36. The molecule has 1 atom stereocenters. The Labute approximate surface area is 140 Å². The van der Waals surface area contributed by atoms with E-state index in [0.29, 0.717) is 23.6 Å². The molecule has 0 saturated heterocycles. The number of rotatable bonds is 3. The molecule has 2 aromatic carbocycles. The number of para-hydroxylation sites is 1. The maximum Gasteiger partial charge on any atom is 0.319 e. The molecule has 5 heteroatoms. The summed E-state index contributed by atoms with van der Waals surface area (Å²) >= 11 is 6.01. The van der Waals surface area contributed by atoms with Crippen molar-refractivity contribution in [3.8, 4) is 0 Å². The fraction of sp³-hybridized carbons (Fsp3) is 0.278. The van der Waals surface area contributed by atoms with Gasteiger partial charge < -0.3 is 15.7 Å². The van der Waals surface area contributed by atoms with Crippen LogP contribution in [-0.2, 0) is 12.8 Å². The minimum atomic E-state index is -0.911. The van der Waals surface area contributed by atoms with Crippen LogP contribution in [0.3, 0.4) is 0 Å². The third kappa shape index (κ3) is 3.84. The van der Waals surface area contributed by atoms with Gasteiger partial charge in [0.1, 0.15) is 0 Å². The molecular formula is C18H19ClN2O2. The number of fused-ring (bicyclic) bond motifs is 1. The van der Waals surface area contributed by atoms with Gasteiger partial charge in [0.2, 0.25) is 0 Å². The molecule has 4 nitrogen and oxygen atoms in total. The number of hydrogen-bond acceptors (Lipinski definition) is 2. The molecular weight excluding hydrogens is 312 g/mol. The summed E-state index contributed by atoms with van der Waals surface area (Å²) in [6.07, 6.45) is 2.01. The summed E-state index contributed by atoms with van der Waals surface area (Å²) in [7, 11) is 0. The summed E-state index contributed by atoms with van der Waals surface area (Å²) in [4.78, 5) is 12.0. The van der Waals surface area contributed by atoms with Crippen LogP contribution < -0.4 is 10.6 Å². The number of amides is 2. The molecule has 2 aromatic rings. The largest absolute Gasteiger partial charge is 0.388 e. The van der Waals surface area contributed by atoms with E-state index in [2.05, 4.69) is 16.7 Å². The van der Waals surface area contributed by atoms with Gasteiger partial charge in [-0.1, -0.05) is 48.0 Å². The quantitative estimate of drug-likeness (QED) is 0.808. The lowest BCUT2D eigenvalue weighted by atomic mass is 9.80. The summed E-state index contributed by atoms with van der Waals surface area (Å²) in [6, 6.07) is 14.8. The summed E-state index contributed by atoms with van der Waals surface area (Å²) < 4.78 is 0. The maximum atomic E-state index is 12.0. The second kappa shape index (κ2) is 6.60. The Kier molecular flexibility index (Phi) is 4.55. The molecule has 3 N–H and O–H groups in total. The van der Waals surface area contributed by atoms with Crippen molar-refractivity contribution in [3.05, 3.63) is 64.7 Å². The SMILES string of the molecule is O=C(NC[C@@]1(O)CCc2ccccc2C1)Nc1ccccc1Cl. The summed E-state index contributed by atoms with van der Waals surface area (Å²) in [5, 5.41) is 16.6. The molecule has 0 aromatic heterocycles. The van der Waals surface area contributed by atoms with E-state index in [-0.39, 0.29) is 12.6 Å². The van der Waals surface area contributed by atoms with Gasteiger partial charge in [0.05, 0.1) is 16.3 Å². The second-order valence-electron chi connectivity index (χ2n) is 5.96. The number of anilines is 1. The maximum absolute atomic E-state index is 12.0. The monoisotopic (exact) mass is 330 g/mol. The Hall–Kier alpha value is -2.04. The highest BCUT2D eigenvalue weighted by Crippen LogP contribution is 2.28. The lowest BCUT2D eigenvalue weighted by molar-refractivity contribution is 0.0295. The number of benzene rings is 2. The zero-order valence-electron chi connectivity index (χ0n) is 12.7. The van der Waals surface area contributed by atoms with Crippen molar-refractivity contribution in [2.75, 3.05) is 11.9 Å². The normalized spacial score (nSPS) is 19.7. The Morgan fingerprint density at radius 3 is 2.61 bits per heavy atom. The number of carbonyl (C=O) groups excluding carboxylic acids is 1. The summed E-state index contributed by atoms with van der Waals surface area (Å²) in [5.41, 5.74) is 2.06. The number of halogens is 1. The van der Waals surface area contributed by atoms with Gasteiger partial charge in [-0.3, -0.25) is 0 Å². The third-order valence-corrected chi connectivity index (χ3v) is 4.53. The molecule has 1 aliphatic carbocycles. The lowest BCUT2D eigenvalue weighted by Gasteiger charge is -2.33. The van der Waals surface area contributed by atoms with Gasteiger partial charge in [0.25, 0.3) is 0 Å². The van der Waals surface area contributed by atoms with Crippen molar-refractivity contribution in [1.29, 1.82) is 0 Å². The van der Waals surface area contributed by atoms with E-state index < -0.39 is 5.60 Å². The molecule has 0 unspecified atom stereocenters. The van der Waals surface area contributed by atoms with Crippen molar-refractivity contribution in [2.45, 2.75) is 24.9 Å². The number of aliphatic hydroxyl groups is 1. The molecule has 0 heterocycles. The first-order valence-electron chi connectivity index (χ1n) is 7.64. The lowest BCUT2D eigenvalue weighted by Crippen LogP contribution is -2.47. The predicted octanol–water partition coefficient (Wildman–Crippen LogP) is 3.38. The average Bonchev–Trinajstić information content (AvgIpc) is 2.55. The number of hydrogen-bond donors (Lipinski definition) is 3. The fourth-order valence-electron chi connectivity index (χ4n) is 2.91. The van der Waals surface area contributed by atoms with E-state index in [1.54, 1.807) is 24.3 Å². The van der Waals surface area contributed by atoms with Gasteiger partial charge in [0.15, 0.2) is 0 Å². The van der Waals surface area contributed by atoms with Crippen molar-refractivity contribution < 1.29 is 9.90 Å². The molecule has 0 saturated carbocycles. The molecule has 0 spiro atoms. The number of carbonyl (C=O) groups is 1. The minimum Gasteiger partial charge on any atom is -0.388 e. The molecule has 0 bridgehead atoms. The van der Waals surface area contributed by atoms with E-state index in [9.17, 15) is 9.90 Å². The fourth-order valence-corrected chi connectivity index (χ4v) is 3.09. The third-order valence-electron chi connectivity index (χ3n) is 4.20. The van der Waals surface area contributed by atoms with E-state index in [0.717, 1.165) is 12.0 Å². The Bertz CT molecular complexity index is 720. The van der Waals surface area contributed by atoms with Crippen LogP contribution >= 0.6 is 11.6 Å². The molecule has 0 aliphatic heterocycles. The van der Waals surface area contributed by atoms with Crippen LogP contribution in [0.15, 0.2) is 48.5 Å². The van der Waals surface area contributed by atoms with Gasteiger partial charge in [0, 0.05) is 13.0 Å². The van der Waals surface area contributed by atoms with Crippen molar-refractivity contribution >= 4 is 23.3 Å². The van der Waals surface area contributed by atoms with E-state index in [1.807, 2.05) is 18.2 Å². The van der Waals surface area contributed by atoms with E-state index in [1.165, 1.54) is 5.56 Å². The first-order valence-corrected chi connectivity index (χ1v) is 8.02. The zero-order valence-corrected chi connectivity index (χ0v) is 13.4. The minimum absolute atomic E-state index is 0.206. The van der Waals surface area contributed by atoms with Crippen LogP contribution in [0.25, 0.3) is 0 Å². The molecule has 0 radical (unpaired) electrons. The standard InChI is InChI=1S/C18H19ClN2O2/c19-15-7-3-4-8-16(15)21-17(22)20-12-18(23)10-9-13-5-1-2-6-14(13)11-18/h1-8,23H,9-12H2,(H2,20,21,22)/t18-/m1/s1. The first-order chi connectivity index (χ1) is 11.1. The smallest absolute Gasteiger partial charge is 0.319 e. The van der Waals surface area contributed by atoms with Crippen LogP contribution in [0.2, 0.25) is 5.02 Å². The Balaban J connectivity index is 1.58. The Morgan fingerprint density at radius 1 is 1.13 bits per heavy atom. The topological polar surface area (TPSA) is 61.4 Å². The molecule has 23 heavy (non-hydrogen) atoms. The van der Waals surface area contributed by atoms with E-state index in [4.69, 9.17) is 11.6 Å². The molecule has 0 fully saturated rings. The van der Waals surface area contributed by atoms with Gasteiger partial charge in [-0.25, -0.2) is 4.79 Å². The molecule has 120 valence electrons. The average molecular weight is 331 g/mol. The number of urea groups is 1. The predicted molar refractivity (Wildman–Crippen MR) is 91.9 cm³/mol. The van der Waals surface area contributed by atoms with Crippen LogP contribution in [0.5, 0.6) is 0 Å².